The van der Waals surface area contributed by atoms with Crippen LogP contribution in [0.2, 0.25) is 5.02 Å². The van der Waals surface area contributed by atoms with Crippen LogP contribution in [0.3, 0.4) is 0 Å². The first-order valence-electron chi connectivity index (χ1n) is 6.05. The van der Waals surface area contributed by atoms with Gasteiger partial charge in [-0.2, -0.15) is 0 Å². The van der Waals surface area contributed by atoms with Gasteiger partial charge in [-0.05, 0) is 23.8 Å². The van der Waals surface area contributed by atoms with Crippen molar-refractivity contribution in [3.05, 3.63) is 64.7 Å². The molecule has 2 aromatic carbocycles. The average Bonchev–Trinajstić information content (AvgIpc) is 2.46. The van der Waals surface area contributed by atoms with E-state index in [1.807, 2.05) is 0 Å². The number of aliphatic hydroxyl groups excluding tert-OH is 1. The van der Waals surface area contributed by atoms with Gasteiger partial charge in [-0.1, -0.05) is 41.9 Å². The van der Waals surface area contributed by atoms with Gasteiger partial charge in [-0.25, -0.2) is 4.79 Å². The normalized spacial score (nSPS) is 11.7. The highest BCUT2D eigenvalue weighted by molar-refractivity contribution is 6.31. The summed E-state index contributed by atoms with van der Waals surface area (Å²) in [5.41, 5.74) is 0.599. The van der Waals surface area contributed by atoms with Crippen molar-refractivity contribution in [2.45, 2.75) is 6.10 Å². The third-order valence-corrected chi connectivity index (χ3v) is 2.99. The van der Waals surface area contributed by atoms with Crippen LogP contribution in [0.4, 0.5) is 5.69 Å². The molecule has 0 spiro atoms. The van der Waals surface area contributed by atoms with E-state index in [9.17, 15) is 14.7 Å². The van der Waals surface area contributed by atoms with Crippen molar-refractivity contribution in [3.63, 3.8) is 0 Å². The van der Waals surface area contributed by atoms with Crippen LogP contribution in [0, 0.1) is 0 Å². The highest BCUT2D eigenvalue weighted by Crippen LogP contribution is 2.21. The number of nitrogens with one attached hydrogen (secondary N) is 1. The third-order valence-electron chi connectivity index (χ3n) is 2.78. The SMILES string of the molecule is O=C(O)c1cc(Cl)cc(NC(=O)C(O)c2ccccc2)c1. The Bertz CT molecular complexity index is 673. The Balaban J connectivity index is 2.18. The number of aliphatic hydroxyl groups is 1. The Labute approximate surface area is 125 Å². The van der Waals surface area contributed by atoms with E-state index in [4.69, 9.17) is 16.7 Å². The molecule has 21 heavy (non-hydrogen) atoms. The Morgan fingerprint density at radius 2 is 1.76 bits per heavy atom. The minimum Gasteiger partial charge on any atom is -0.478 e. The quantitative estimate of drug-likeness (QED) is 0.810. The molecule has 2 aromatic rings. The van der Waals surface area contributed by atoms with Gasteiger partial charge in [0.2, 0.25) is 0 Å². The molecule has 0 saturated carbocycles. The first-order chi connectivity index (χ1) is 9.97. The molecular weight excluding hydrogens is 294 g/mol. The number of carbonyl (C=O) groups excluding carboxylic acids is 1. The monoisotopic (exact) mass is 305 g/mol. The Morgan fingerprint density at radius 1 is 1.10 bits per heavy atom. The molecule has 0 bridgehead atoms. The van der Waals surface area contributed by atoms with Crippen LogP contribution in [-0.2, 0) is 4.79 Å². The predicted molar refractivity (Wildman–Crippen MR) is 78.4 cm³/mol. The summed E-state index contributed by atoms with van der Waals surface area (Å²) in [6, 6.07) is 12.3. The molecule has 0 radical (unpaired) electrons. The smallest absolute Gasteiger partial charge is 0.335 e. The molecule has 0 heterocycles. The number of carboxylic acid groups (broad SMARTS) is 1. The average molecular weight is 306 g/mol. The first kappa shape index (κ1) is 15.0. The van der Waals surface area contributed by atoms with Gasteiger partial charge in [0.1, 0.15) is 0 Å². The number of hydrogen-bond acceptors (Lipinski definition) is 3. The van der Waals surface area contributed by atoms with Crippen molar-refractivity contribution < 1.29 is 19.8 Å². The maximum absolute atomic E-state index is 12.0. The van der Waals surface area contributed by atoms with Gasteiger partial charge in [0.05, 0.1) is 5.56 Å². The number of halogens is 1. The molecule has 6 heteroatoms. The molecule has 0 aliphatic heterocycles. The zero-order valence-electron chi connectivity index (χ0n) is 10.8. The van der Waals surface area contributed by atoms with Gasteiger partial charge in [0.15, 0.2) is 6.10 Å². The predicted octanol–water partition coefficient (Wildman–Crippen LogP) is 2.71. The summed E-state index contributed by atoms with van der Waals surface area (Å²) in [5.74, 6) is -1.82. The summed E-state index contributed by atoms with van der Waals surface area (Å²) < 4.78 is 0. The number of amides is 1. The maximum Gasteiger partial charge on any atom is 0.335 e. The number of anilines is 1. The van der Waals surface area contributed by atoms with E-state index < -0.39 is 18.0 Å². The van der Waals surface area contributed by atoms with Crippen LogP contribution < -0.4 is 5.32 Å². The third kappa shape index (κ3) is 3.81. The zero-order valence-corrected chi connectivity index (χ0v) is 11.5. The second-order valence-electron chi connectivity index (χ2n) is 4.34. The molecule has 1 amide bonds. The molecule has 5 nitrogen and oxygen atoms in total. The number of benzene rings is 2. The summed E-state index contributed by atoms with van der Waals surface area (Å²) in [6.45, 7) is 0. The molecule has 0 aromatic heterocycles. The van der Waals surface area contributed by atoms with Gasteiger partial charge in [0.25, 0.3) is 5.91 Å². The van der Waals surface area contributed by atoms with Gasteiger partial charge >= 0.3 is 5.97 Å². The van der Waals surface area contributed by atoms with Crippen LogP contribution in [-0.4, -0.2) is 22.1 Å². The summed E-state index contributed by atoms with van der Waals surface area (Å²) in [6.07, 6.45) is -1.35. The van der Waals surface area contributed by atoms with Crippen LogP contribution in [0.1, 0.15) is 22.0 Å². The van der Waals surface area contributed by atoms with Crippen LogP contribution in [0.25, 0.3) is 0 Å². The fraction of sp³-hybridized carbons (Fsp3) is 0.0667. The maximum atomic E-state index is 12.0. The zero-order chi connectivity index (χ0) is 15.4. The molecule has 2 rings (SSSR count). The van der Waals surface area contributed by atoms with Gasteiger partial charge in [-0.3, -0.25) is 4.79 Å². The molecule has 108 valence electrons. The van der Waals surface area contributed by atoms with E-state index in [1.165, 1.54) is 18.2 Å². The van der Waals surface area contributed by atoms with Gasteiger partial charge < -0.3 is 15.5 Å². The fourth-order valence-electron chi connectivity index (χ4n) is 1.78. The number of carboxylic acids is 1. The lowest BCUT2D eigenvalue weighted by atomic mass is 10.1. The highest BCUT2D eigenvalue weighted by atomic mass is 35.5. The van der Waals surface area contributed by atoms with Gasteiger partial charge in [-0.15, -0.1) is 0 Å². The summed E-state index contributed by atoms with van der Waals surface area (Å²) in [5, 5.41) is 21.5. The lowest BCUT2D eigenvalue weighted by Crippen LogP contribution is -2.21. The summed E-state index contributed by atoms with van der Waals surface area (Å²) >= 11 is 5.80. The van der Waals surface area contributed by atoms with E-state index >= 15 is 0 Å². The molecule has 1 atom stereocenters. The molecule has 3 N–H and O–H groups in total. The minimum atomic E-state index is -1.35. The van der Waals surface area contributed by atoms with E-state index in [0.717, 1.165) is 0 Å². The summed E-state index contributed by atoms with van der Waals surface area (Å²) in [4.78, 5) is 22.9. The first-order valence-corrected chi connectivity index (χ1v) is 6.43. The van der Waals surface area contributed by atoms with Gasteiger partial charge in [0, 0.05) is 10.7 Å². The number of rotatable bonds is 4. The number of aromatic carboxylic acids is 1. The minimum absolute atomic E-state index is 0.0491. The van der Waals surface area contributed by atoms with Crippen molar-refractivity contribution in [3.8, 4) is 0 Å². The number of carbonyl (C=O) groups is 2. The molecule has 0 aliphatic rings. The lowest BCUT2D eigenvalue weighted by molar-refractivity contribution is -0.124. The van der Waals surface area contributed by atoms with Crippen LogP contribution in [0.5, 0.6) is 0 Å². The second kappa shape index (κ2) is 6.39. The van der Waals surface area contributed by atoms with Crippen molar-refractivity contribution in [2.75, 3.05) is 5.32 Å². The largest absolute Gasteiger partial charge is 0.478 e. The Morgan fingerprint density at radius 3 is 2.38 bits per heavy atom. The van der Waals surface area contributed by atoms with E-state index in [1.54, 1.807) is 30.3 Å². The molecule has 0 saturated heterocycles. The molecule has 1 unspecified atom stereocenters. The van der Waals surface area contributed by atoms with Crippen molar-refractivity contribution in [1.29, 1.82) is 0 Å². The van der Waals surface area contributed by atoms with Crippen LogP contribution in [0.15, 0.2) is 48.5 Å². The lowest BCUT2D eigenvalue weighted by Gasteiger charge is -2.12. The Hall–Kier alpha value is -2.37. The second-order valence-corrected chi connectivity index (χ2v) is 4.77. The van der Waals surface area contributed by atoms with E-state index in [-0.39, 0.29) is 16.3 Å². The van der Waals surface area contributed by atoms with Crippen molar-refractivity contribution >= 4 is 29.2 Å². The molecule has 0 aliphatic carbocycles. The van der Waals surface area contributed by atoms with Crippen molar-refractivity contribution in [1.82, 2.24) is 0 Å². The van der Waals surface area contributed by atoms with E-state index in [0.29, 0.717) is 5.56 Å². The highest BCUT2D eigenvalue weighted by Gasteiger charge is 2.18. The molecule has 0 fully saturated rings. The molecular formula is C15H12ClNO4. The van der Waals surface area contributed by atoms with Crippen molar-refractivity contribution in [2.24, 2.45) is 0 Å². The van der Waals surface area contributed by atoms with Crippen LogP contribution >= 0.6 is 11.6 Å². The van der Waals surface area contributed by atoms with E-state index in [2.05, 4.69) is 5.32 Å². The summed E-state index contributed by atoms with van der Waals surface area (Å²) in [7, 11) is 0. The standard InChI is InChI=1S/C15H12ClNO4/c16-11-6-10(15(20)21)7-12(8-11)17-14(19)13(18)9-4-2-1-3-5-9/h1-8,13,18H,(H,17,19)(H,20,21). The number of hydrogen-bond donors (Lipinski definition) is 3. The fourth-order valence-corrected chi connectivity index (χ4v) is 2.02. The topological polar surface area (TPSA) is 86.6 Å². The Kier molecular flexibility index (Phi) is 4.57.